The van der Waals surface area contributed by atoms with Crippen LogP contribution in [0.25, 0.3) is 0 Å². The number of carbonyl (C=O) groups is 3. The predicted molar refractivity (Wildman–Crippen MR) is 76.2 cm³/mol. The summed E-state index contributed by atoms with van der Waals surface area (Å²) in [6, 6.07) is 6.86. The third-order valence-corrected chi connectivity index (χ3v) is 4.20. The zero-order valence-corrected chi connectivity index (χ0v) is 12.6. The molecule has 2 aliphatic rings. The number of carbonyl (C=O) groups excluding carboxylic acids is 3. The van der Waals surface area contributed by atoms with Crippen LogP contribution in [0.15, 0.2) is 28.7 Å². The summed E-state index contributed by atoms with van der Waals surface area (Å²) in [5.41, 5.74) is 0.876. The number of nitrogens with zero attached hydrogens (tertiary/aromatic N) is 1. The van der Waals surface area contributed by atoms with Crippen molar-refractivity contribution in [1.29, 1.82) is 0 Å². The van der Waals surface area contributed by atoms with Crippen molar-refractivity contribution < 1.29 is 19.1 Å². The third kappa shape index (κ3) is 2.78. The average Bonchev–Trinajstić information content (AvgIpc) is 2.81. The Morgan fingerprint density at radius 1 is 1.19 bits per heavy atom. The van der Waals surface area contributed by atoms with Gasteiger partial charge in [-0.25, -0.2) is 4.79 Å². The number of halogens is 1. The molecule has 3 rings (SSSR count). The number of cyclic esters (lactones) is 1. The number of hydrogen-bond acceptors (Lipinski definition) is 4. The first kappa shape index (κ1) is 14.1. The SMILES string of the molecule is O=C1CC[C@@H](N2C[C@@H](c3ccc(Br)cc3)OC2=O)C(=O)N1. The van der Waals surface area contributed by atoms with Crippen LogP contribution < -0.4 is 5.32 Å². The zero-order chi connectivity index (χ0) is 15.0. The molecule has 0 spiro atoms. The van der Waals surface area contributed by atoms with Crippen molar-refractivity contribution in [2.75, 3.05) is 6.54 Å². The average molecular weight is 353 g/mol. The van der Waals surface area contributed by atoms with Gasteiger partial charge in [-0.15, -0.1) is 0 Å². The number of nitrogens with one attached hydrogen (secondary N) is 1. The van der Waals surface area contributed by atoms with E-state index in [0.717, 1.165) is 10.0 Å². The van der Waals surface area contributed by atoms with E-state index in [1.807, 2.05) is 24.3 Å². The van der Waals surface area contributed by atoms with Gasteiger partial charge in [0, 0.05) is 10.9 Å². The summed E-state index contributed by atoms with van der Waals surface area (Å²) in [6.45, 7) is 0.312. The topological polar surface area (TPSA) is 75.7 Å². The second kappa shape index (κ2) is 5.48. The highest BCUT2D eigenvalue weighted by molar-refractivity contribution is 9.10. The minimum atomic E-state index is -0.629. The fourth-order valence-corrected chi connectivity index (χ4v) is 2.83. The maximum absolute atomic E-state index is 12.0. The molecule has 21 heavy (non-hydrogen) atoms. The molecule has 0 aliphatic carbocycles. The highest BCUT2D eigenvalue weighted by Gasteiger charge is 2.41. The lowest BCUT2D eigenvalue weighted by atomic mass is 10.0. The van der Waals surface area contributed by atoms with Gasteiger partial charge >= 0.3 is 6.09 Å². The number of piperidine rings is 1. The quantitative estimate of drug-likeness (QED) is 0.822. The van der Waals surface area contributed by atoms with Gasteiger partial charge in [0.1, 0.15) is 12.1 Å². The van der Waals surface area contributed by atoms with Crippen LogP contribution in [0.4, 0.5) is 4.79 Å². The molecule has 0 aromatic heterocycles. The van der Waals surface area contributed by atoms with Crippen LogP contribution >= 0.6 is 15.9 Å². The first-order chi connectivity index (χ1) is 10.0. The van der Waals surface area contributed by atoms with E-state index < -0.39 is 24.1 Å². The Kier molecular flexibility index (Phi) is 3.67. The third-order valence-electron chi connectivity index (χ3n) is 3.67. The molecule has 2 atom stereocenters. The minimum absolute atomic E-state index is 0.239. The molecule has 1 N–H and O–H groups in total. The molecule has 1 aromatic rings. The van der Waals surface area contributed by atoms with Crippen molar-refractivity contribution >= 4 is 33.8 Å². The number of imide groups is 1. The smallest absolute Gasteiger partial charge is 0.411 e. The fourth-order valence-electron chi connectivity index (χ4n) is 2.56. The number of ether oxygens (including phenoxy) is 1. The summed E-state index contributed by atoms with van der Waals surface area (Å²) in [5, 5.41) is 2.26. The summed E-state index contributed by atoms with van der Waals surface area (Å²) >= 11 is 3.35. The highest BCUT2D eigenvalue weighted by atomic mass is 79.9. The van der Waals surface area contributed by atoms with Crippen LogP contribution in [0.2, 0.25) is 0 Å². The van der Waals surface area contributed by atoms with Gasteiger partial charge in [0.2, 0.25) is 11.8 Å². The maximum atomic E-state index is 12.0. The van der Waals surface area contributed by atoms with E-state index in [0.29, 0.717) is 13.0 Å². The number of rotatable bonds is 2. The summed E-state index contributed by atoms with van der Waals surface area (Å²) in [5.74, 6) is -0.729. The van der Waals surface area contributed by atoms with Crippen LogP contribution in [0.3, 0.4) is 0 Å². The van der Waals surface area contributed by atoms with Crippen LogP contribution in [0.1, 0.15) is 24.5 Å². The Bertz CT molecular complexity index is 601. The van der Waals surface area contributed by atoms with Crippen LogP contribution in [0.5, 0.6) is 0 Å². The van der Waals surface area contributed by atoms with Gasteiger partial charge in [-0.1, -0.05) is 28.1 Å². The van der Waals surface area contributed by atoms with E-state index in [2.05, 4.69) is 21.2 Å². The van der Waals surface area contributed by atoms with Gasteiger partial charge in [0.05, 0.1) is 6.54 Å². The largest absolute Gasteiger partial charge is 0.439 e. The molecule has 110 valence electrons. The fraction of sp³-hybridized carbons (Fsp3) is 0.357. The monoisotopic (exact) mass is 352 g/mol. The number of benzene rings is 1. The van der Waals surface area contributed by atoms with Crippen LogP contribution in [0, 0.1) is 0 Å². The molecule has 0 bridgehead atoms. The van der Waals surface area contributed by atoms with Crippen LogP contribution in [-0.4, -0.2) is 35.4 Å². The van der Waals surface area contributed by atoms with Gasteiger partial charge in [0.15, 0.2) is 0 Å². The lowest BCUT2D eigenvalue weighted by Gasteiger charge is -2.27. The molecule has 2 heterocycles. The van der Waals surface area contributed by atoms with Crippen molar-refractivity contribution in [2.24, 2.45) is 0 Å². The Labute approximate surface area is 129 Å². The lowest BCUT2D eigenvalue weighted by molar-refractivity contribution is -0.136. The molecule has 0 saturated carbocycles. The minimum Gasteiger partial charge on any atom is -0.439 e. The molecule has 1 aromatic carbocycles. The second-order valence-electron chi connectivity index (χ2n) is 5.04. The van der Waals surface area contributed by atoms with E-state index >= 15 is 0 Å². The van der Waals surface area contributed by atoms with Crippen molar-refractivity contribution in [1.82, 2.24) is 10.2 Å². The summed E-state index contributed by atoms with van der Waals surface area (Å²) in [7, 11) is 0. The Morgan fingerprint density at radius 2 is 1.90 bits per heavy atom. The van der Waals surface area contributed by atoms with E-state index in [1.54, 1.807) is 0 Å². The first-order valence-corrected chi connectivity index (χ1v) is 7.40. The molecule has 6 nitrogen and oxygen atoms in total. The molecule has 3 amide bonds. The molecule has 7 heteroatoms. The van der Waals surface area contributed by atoms with Crippen molar-refractivity contribution in [2.45, 2.75) is 25.0 Å². The summed E-state index contributed by atoms with van der Waals surface area (Å²) in [6.07, 6.45) is -0.330. The molecule has 2 aliphatic heterocycles. The highest BCUT2D eigenvalue weighted by Crippen LogP contribution is 2.30. The maximum Gasteiger partial charge on any atom is 0.411 e. The van der Waals surface area contributed by atoms with E-state index in [1.165, 1.54) is 4.90 Å². The number of amides is 3. The van der Waals surface area contributed by atoms with Gasteiger partial charge in [-0.2, -0.15) is 0 Å². The van der Waals surface area contributed by atoms with Crippen molar-refractivity contribution in [3.8, 4) is 0 Å². The van der Waals surface area contributed by atoms with E-state index in [9.17, 15) is 14.4 Å². The van der Waals surface area contributed by atoms with E-state index in [4.69, 9.17) is 4.74 Å². The summed E-state index contributed by atoms with van der Waals surface area (Å²) in [4.78, 5) is 36.4. The summed E-state index contributed by atoms with van der Waals surface area (Å²) < 4.78 is 6.28. The van der Waals surface area contributed by atoms with Gasteiger partial charge < -0.3 is 4.74 Å². The molecular formula is C14H13BrN2O4. The first-order valence-electron chi connectivity index (χ1n) is 6.61. The number of hydrogen-bond donors (Lipinski definition) is 1. The van der Waals surface area contributed by atoms with Crippen LogP contribution in [-0.2, 0) is 14.3 Å². The van der Waals surface area contributed by atoms with Crippen molar-refractivity contribution in [3.63, 3.8) is 0 Å². The Balaban J connectivity index is 1.74. The normalized spacial score (nSPS) is 25.8. The molecular weight excluding hydrogens is 340 g/mol. The van der Waals surface area contributed by atoms with Gasteiger partial charge in [-0.05, 0) is 24.1 Å². The lowest BCUT2D eigenvalue weighted by Crippen LogP contribution is -2.52. The predicted octanol–water partition coefficient (Wildman–Crippen LogP) is 1.75. The molecule has 0 radical (unpaired) electrons. The van der Waals surface area contributed by atoms with E-state index in [-0.39, 0.29) is 12.3 Å². The Morgan fingerprint density at radius 3 is 2.57 bits per heavy atom. The molecule has 2 fully saturated rings. The van der Waals surface area contributed by atoms with Gasteiger partial charge in [-0.3, -0.25) is 19.8 Å². The Hall–Kier alpha value is -1.89. The molecule has 0 unspecified atom stereocenters. The standard InChI is InChI=1S/C14H13BrN2O4/c15-9-3-1-8(2-4-9)11-7-17(14(20)21-11)10-5-6-12(18)16-13(10)19/h1-4,10-11H,5-7H2,(H,16,18,19)/t10-,11+/m1/s1. The van der Waals surface area contributed by atoms with Gasteiger partial charge in [0.25, 0.3) is 0 Å². The van der Waals surface area contributed by atoms with Crippen molar-refractivity contribution in [3.05, 3.63) is 34.3 Å². The molecule has 2 saturated heterocycles. The second-order valence-corrected chi connectivity index (χ2v) is 5.96. The zero-order valence-electron chi connectivity index (χ0n) is 11.0.